The maximum Gasteiger partial charge on any atom is 0.165 e. The van der Waals surface area contributed by atoms with Gasteiger partial charge in [0, 0.05) is 18.8 Å². The third-order valence-electron chi connectivity index (χ3n) is 2.80. The fourth-order valence-electron chi connectivity index (χ4n) is 1.73. The van der Waals surface area contributed by atoms with E-state index in [1.807, 2.05) is 6.92 Å². The number of rotatable bonds is 3. The van der Waals surface area contributed by atoms with Gasteiger partial charge in [0.25, 0.3) is 0 Å². The first-order chi connectivity index (χ1) is 8.63. The first-order valence-corrected chi connectivity index (χ1v) is 5.77. The molecule has 2 heterocycles. The largest absolute Gasteiger partial charge is 0.495 e. The van der Waals surface area contributed by atoms with Crippen molar-refractivity contribution in [3.8, 4) is 5.75 Å². The minimum Gasteiger partial charge on any atom is -0.495 e. The van der Waals surface area contributed by atoms with Gasteiger partial charge in [-0.25, -0.2) is 9.37 Å². The SMILES string of the molecule is COc1cncc(Cc2ccnc(Cl)c2F)c1C. The van der Waals surface area contributed by atoms with Gasteiger partial charge in [0.05, 0.1) is 13.3 Å². The van der Waals surface area contributed by atoms with Crippen molar-refractivity contribution < 1.29 is 9.13 Å². The average molecular weight is 267 g/mol. The van der Waals surface area contributed by atoms with Gasteiger partial charge in [0.2, 0.25) is 0 Å². The molecule has 0 unspecified atom stereocenters. The Kier molecular flexibility index (Phi) is 3.77. The second-order valence-corrected chi connectivity index (χ2v) is 4.24. The van der Waals surface area contributed by atoms with Crippen LogP contribution in [0.2, 0.25) is 5.15 Å². The van der Waals surface area contributed by atoms with Crippen molar-refractivity contribution in [2.24, 2.45) is 0 Å². The maximum absolute atomic E-state index is 13.8. The van der Waals surface area contributed by atoms with Gasteiger partial charge in [-0.1, -0.05) is 11.6 Å². The Morgan fingerprint density at radius 2 is 2.11 bits per heavy atom. The van der Waals surface area contributed by atoms with Crippen LogP contribution in [0.1, 0.15) is 16.7 Å². The third-order valence-corrected chi connectivity index (χ3v) is 3.06. The second-order valence-electron chi connectivity index (χ2n) is 3.88. The predicted octanol–water partition coefficient (Wildman–Crippen LogP) is 3.18. The number of halogens is 2. The Morgan fingerprint density at radius 1 is 1.33 bits per heavy atom. The normalized spacial score (nSPS) is 10.4. The fraction of sp³-hybridized carbons (Fsp3) is 0.231. The number of aromatic nitrogens is 2. The Hall–Kier alpha value is -1.68. The van der Waals surface area contributed by atoms with Gasteiger partial charge in [-0.05, 0) is 29.7 Å². The lowest BCUT2D eigenvalue weighted by Gasteiger charge is -2.10. The minimum atomic E-state index is -0.485. The minimum absolute atomic E-state index is 0.110. The topological polar surface area (TPSA) is 35.0 Å². The molecule has 0 atom stereocenters. The van der Waals surface area contributed by atoms with Crippen LogP contribution in [0.3, 0.4) is 0 Å². The molecule has 2 aromatic rings. The van der Waals surface area contributed by atoms with Crippen molar-refractivity contribution >= 4 is 11.6 Å². The van der Waals surface area contributed by atoms with Gasteiger partial charge < -0.3 is 4.74 Å². The van der Waals surface area contributed by atoms with Gasteiger partial charge in [0.15, 0.2) is 11.0 Å². The summed E-state index contributed by atoms with van der Waals surface area (Å²) in [6.45, 7) is 1.91. The van der Waals surface area contributed by atoms with Gasteiger partial charge in [0.1, 0.15) is 5.75 Å². The molecule has 2 rings (SSSR count). The van der Waals surface area contributed by atoms with Crippen molar-refractivity contribution in [2.45, 2.75) is 13.3 Å². The van der Waals surface area contributed by atoms with Crippen LogP contribution < -0.4 is 4.74 Å². The summed E-state index contributed by atoms with van der Waals surface area (Å²) >= 11 is 5.65. The van der Waals surface area contributed by atoms with Gasteiger partial charge >= 0.3 is 0 Å². The molecule has 0 spiro atoms. The number of ether oxygens (including phenoxy) is 1. The smallest absolute Gasteiger partial charge is 0.165 e. The van der Waals surface area contributed by atoms with Crippen molar-refractivity contribution in [3.63, 3.8) is 0 Å². The van der Waals surface area contributed by atoms with Crippen LogP contribution in [0.15, 0.2) is 24.7 Å². The monoisotopic (exact) mass is 266 g/mol. The van der Waals surface area contributed by atoms with E-state index >= 15 is 0 Å². The molecule has 3 nitrogen and oxygen atoms in total. The molecule has 0 amide bonds. The zero-order valence-electron chi connectivity index (χ0n) is 10.1. The predicted molar refractivity (Wildman–Crippen MR) is 67.5 cm³/mol. The van der Waals surface area contributed by atoms with Gasteiger partial charge in [-0.3, -0.25) is 4.98 Å². The quantitative estimate of drug-likeness (QED) is 0.801. The van der Waals surface area contributed by atoms with E-state index in [4.69, 9.17) is 16.3 Å². The Morgan fingerprint density at radius 3 is 2.83 bits per heavy atom. The lowest BCUT2D eigenvalue weighted by Crippen LogP contribution is -1.99. The van der Waals surface area contributed by atoms with Crippen molar-refractivity contribution in [1.29, 1.82) is 0 Å². The zero-order valence-corrected chi connectivity index (χ0v) is 10.8. The van der Waals surface area contributed by atoms with E-state index in [1.54, 1.807) is 25.6 Å². The summed E-state index contributed by atoms with van der Waals surface area (Å²) in [6, 6.07) is 1.61. The van der Waals surface area contributed by atoms with Crippen LogP contribution in [0.25, 0.3) is 0 Å². The van der Waals surface area contributed by atoms with Crippen LogP contribution in [-0.2, 0) is 6.42 Å². The molecule has 0 aliphatic carbocycles. The lowest BCUT2D eigenvalue weighted by atomic mass is 10.0. The van der Waals surface area contributed by atoms with Gasteiger partial charge in [-0.15, -0.1) is 0 Å². The summed E-state index contributed by atoms with van der Waals surface area (Å²) in [5.41, 5.74) is 2.34. The highest BCUT2D eigenvalue weighted by Gasteiger charge is 2.11. The number of pyridine rings is 2. The summed E-state index contributed by atoms with van der Waals surface area (Å²) in [5.74, 6) is 0.203. The number of hydrogen-bond acceptors (Lipinski definition) is 3. The Balaban J connectivity index is 2.37. The van der Waals surface area contributed by atoms with Crippen molar-refractivity contribution in [2.75, 3.05) is 7.11 Å². The van der Waals surface area contributed by atoms with E-state index in [-0.39, 0.29) is 5.15 Å². The van der Waals surface area contributed by atoms with Crippen LogP contribution in [0.4, 0.5) is 4.39 Å². The summed E-state index contributed by atoms with van der Waals surface area (Å²) in [4.78, 5) is 7.76. The van der Waals surface area contributed by atoms with E-state index in [0.717, 1.165) is 11.1 Å². The Bertz CT molecular complexity index is 575. The summed E-state index contributed by atoms with van der Waals surface area (Å²) in [5, 5.41) is -0.110. The van der Waals surface area contributed by atoms with Crippen LogP contribution >= 0.6 is 11.6 Å². The highest BCUT2D eigenvalue weighted by atomic mass is 35.5. The number of hydrogen-bond donors (Lipinski definition) is 0. The van der Waals surface area contributed by atoms with Gasteiger partial charge in [-0.2, -0.15) is 0 Å². The molecule has 0 aromatic carbocycles. The molecule has 0 saturated heterocycles. The molecule has 0 radical (unpaired) electrons. The highest BCUT2D eigenvalue weighted by molar-refractivity contribution is 6.29. The second kappa shape index (κ2) is 5.31. The average Bonchev–Trinajstić information content (AvgIpc) is 2.37. The van der Waals surface area contributed by atoms with Crippen LogP contribution in [-0.4, -0.2) is 17.1 Å². The summed E-state index contributed by atoms with van der Waals surface area (Å²) < 4.78 is 18.9. The number of nitrogens with zero attached hydrogens (tertiary/aromatic N) is 2. The maximum atomic E-state index is 13.8. The summed E-state index contributed by atoms with van der Waals surface area (Å²) in [7, 11) is 1.58. The number of methoxy groups -OCH3 is 1. The molecule has 18 heavy (non-hydrogen) atoms. The van der Waals surface area contributed by atoms with Crippen LogP contribution in [0, 0.1) is 12.7 Å². The molecule has 0 aliphatic rings. The Labute approximate surface area is 110 Å². The first-order valence-electron chi connectivity index (χ1n) is 5.40. The molecule has 0 saturated carbocycles. The molecule has 5 heteroatoms. The van der Waals surface area contributed by atoms with E-state index in [0.29, 0.717) is 17.7 Å². The molecule has 94 valence electrons. The zero-order chi connectivity index (χ0) is 13.1. The molecular weight excluding hydrogens is 255 g/mol. The van der Waals surface area contributed by atoms with Crippen molar-refractivity contribution in [3.05, 3.63) is 52.3 Å². The van der Waals surface area contributed by atoms with Crippen molar-refractivity contribution in [1.82, 2.24) is 9.97 Å². The van der Waals surface area contributed by atoms with E-state index < -0.39 is 5.82 Å². The third kappa shape index (κ3) is 2.43. The van der Waals surface area contributed by atoms with E-state index in [1.165, 1.54) is 6.20 Å². The fourth-order valence-corrected chi connectivity index (χ4v) is 1.91. The molecule has 0 N–H and O–H groups in total. The highest BCUT2D eigenvalue weighted by Crippen LogP contribution is 2.24. The van der Waals surface area contributed by atoms with Crippen LogP contribution in [0.5, 0.6) is 5.75 Å². The standard InChI is InChI=1S/C13H12ClFN2O/c1-8-10(6-16-7-11(8)18-2)5-9-3-4-17-13(14)12(9)15/h3-4,6-7H,5H2,1-2H3. The van der Waals surface area contributed by atoms with E-state index in [9.17, 15) is 4.39 Å². The summed E-state index contributed by atoms with van der Waals surface area (Å²) in [6.07, 6.45) is 5.23. The first kappa shape index (κ1) is 12.8. The lowest BCUT2D eigenvalue weighted by molar-refractivity contribution is 0.409. The molecule has 2 aromatic heterocycles. The molecule has 0 aliphatic heterocycles. The molecular formula is C13H12ClFN2O. The van der Waals surface area contributed by atoms with E-state index in [2.05, 4.69) is 9.97 Å². The molecule has 0 fully saturated rings. The molecule has 0 bridgehead atoms.